The van der Waals surface area contributed by atoms with Crippen LogP contribution >= 0.6 is 0 Å². The van der Waals surface area contributed by atoms with E-state index in [2.05, 4.69) is 11.8 Å². The van der Waals surface area contributed by atoms with Crippen LogP contribution in [0.25, 0.3) is 0 Å². The Morgan fingerprint density at radius 3 is 2.48 bits per heavy atom. The van der Waals surface area contributed by atoms with E-state index in [1.165, 1.54) is 24.3 Å². The minimum absolute atomic E-state index is 0.0782. The molecule has 0 saturated carbocycles. The van der Waals surface area contributed by atoms with Crippen LogP contribution in [0.5, 0.6) is 0 Å². The molecule has 2 atom stereocenters. The summed E-state index contributed by atoms with van der Waals surface area (Å²) in [6.07, 6.45) is 2.94. The Kier molecular flexibility index (Phi) is 4.10. The monoisotopic (exact) mass is 306 g/mol. The second-order valence-electron chi connectivity index (χ2n) is 5.55. The summed E-state index contributed by atoms with van der Waals surface area (Å²) in [5, 5.41) is 10.9. The molecule has 0 fully saturated rings. The second kappa shape index (κ2) is 6.20. The van der Waals surface area contributed by atoms with E-state index in [9.17, 15) is 14.3 Å². The number of hydrogen-bond acceptors (Lipinski definition) is 2. The molecule has 2 aromatic rings. The van der Waals surface area contributed by atoms with Gasteiger partial charge in [0.1, 0.15) is 5.82 Å². The first-order valence-electron chi connectivity index (χ1n) is 7.35. The van der Waals surface area contributed by atoms with E-state index < -0.39 is 11.5 Å². The summed E-state index contributed by atoms with van der Waals surface area (Å²) < 4.78 is 13.1. The molecule has 1 N–H and O–H groups in total. The van der Waals surface area contributed by atoms with Crippen molar-refractivity contribution in [3.05, 3.63) is 83.7 Å². The zero-order valence-electron chi connectivity index (χ0n) is 12.4. The molecule has 0 aromatic heterocycles. The van der Waals surface area contributed by atoms with Crippen molar-refractivity contribution in [3.63, 3.8) is 0 Å². The maximum Gasteiger partial charge on any atom is 0.156 e. The molecule has 0 radical (unpaired) electrons. The van der Waals surface area contributed by atoms with Crippen LogP contribution in [0.3, 0.4) is 0 Å². The van der Waals surface area contributed by atoms with Gasteiger partial charge < -0.3 is 5.11 Å². The van der Waals surface area contributed by atoms with E-state index in [4.69, 9.17) is 0 Å². The lowest BCUT2D eigenvalue weighted by molar-refractivity contribution is -0.116. The van der Waals surface area contributed by atoms with E-state index in [1.807, 2.05) is 30.3 Å². The van der Waals surface area contributed by atoms with Gasteiger partial charge in [-0.3, -0.25) is 4.79 Å². The molecule has 0 aliphatic heterocycles. The number of hydrogen-bond donors (Lipinski definition) is 1. The minimum atomic E-state index is -1.46. The van der Waals surface area contributed by atoms with Crippen LogP contribution in [0.2, 0.25) is 0 Å². The van der Waals surface area contributed by atoms with E-state index in [1.54, 1.807) is 12.1 Å². The van der Waals surface area contributed by atoms with Crippen molar-refractivity contribution in [3.8, 4) is 11.8 Å². The molecule has 2 aromatic carbocycles. The lowest BCUT2D eigenvalue weighted by atomic mass is 9.75. The Hall–Kier alpha value is -2.70. The first-order valence-corrected chi connectivity index (χ1v) is 7.35. The van der Waals surface area contributed by atoms with Gasteiger partial charge in [0.25, 0.3) is 0 Å². The molecule has 0 amide bonds. The molecule has 0 saturated heterocycles. The van der Waals surface area contributed by atoms with Gasteiger partial charge in [-0.1, -0.05) is 42.2 Å². The predicted octanol–water partition coefficient (Wildman–Crippen LogP) is 3.22. The molecule has 0 spiro atoms. The normalized spacial score (nSPS) is 23.2. The molecule has 114 valence electrons. The highest BCUT2D eigenvalue weighted by Gasteiger charge is 2.38. The van der Waals surface area contributed by atoms with Gasteiger partial charge in [0.15, 0.2) is 11.4 Å². The summed E-state index contributed by atoms with van der Waals surface area (Å²) in [4.78, 5) is 11.8. The molecule has 0 heterocycles. The van der Waals surface area contributed by atoms with Gasteiger partial charge >= 0.3 is 0 Å². The average Bonchev–Trinajstić information content (AvgIpc) is 2.57. The molecule has 0 bridgehead atoms. The Morgan fingerprint density at radius 2 is 1.78 bits per heavy atom. The van der Waals surface area contributed by atoms with Crippen LogP contribution in [0, 0.1) is 17.7 Å². The first-order chi connectivity index (χ1) is 11.1. The van der Waals surface area contributed by atoms with Crippen molar-refractivity contribution in [1.29, 1.82) is 0 Å². The van der Waals surface area contributed by atoms with Gasteiger partial charge in [0.05, 0.1) is 0 Å². The number of allylic oxidation sites excluding steroid dienone is 1. The molecular weight excluding hydrogens is 291 g/mol. The van der Waals surface area contributed by atoms with Crippen LogP contribution < -0.4 is 0 Å². The average molecular weight is 306 g/mol. The van der Waals surface area contributed by atoms with Gasteiger partial charge in [-0.25, -0.2) is 4.39 Å². The van der Waals surface area contributed by atoms with E-state index in [0.717, 1.165) is 5.56 Å². The van der Waals surface area contributed by atoms with Gasteiger partial charge in [0.2, 0.25) is 0 Å². The van der Waals surface area contributed by atoms with Crippen molar-refractivity contribution >= 4 is 5.78 Å². The molecule has 2 nitrogen and oxygen atoms in total. The Morgan fingerprint density at radius 1 is 1.09 bits per heavy atom. The highest BCUT2D eigenvalue weighted by molar-refractivity contribution is 5.92. The lowest BCUT2D eigenvalue weighted by Gasteiger charge is -2.31. The Balaban J connectivity index is 1.99. The van der Waals surface area contributed by atoms with Crippen molar-refractivity contribution in [2.45, 2.75) is 17.9 Å². The summed E-state index contributed by atoms with van der Waals surface area (Å²) in [7, 11) is 0. The first kappa shape index (κ1) is 15.2. The zero-order valence-corrected chi connectivity index (χ0v) is 12.4. The van der Waals surface area contributed by atoms with E-state index in [0.29, 0.717) is 5.56 Å². The quantitative estimate of drug-likeness (QED) is 0.821. The minimum Gasteiger partial charge on any atom is -0.373 e. The highest BCUT2D eigenvalue weighted by atomic mass is 19.1. The number of carbonyl (C=O) groups excluding carboxylic acids is 1. The summed E-state index contributed by atoms with van der Waals surface area (Å²) in [6, 6.07) is 15.1. The third-order valence-electron chi connectivity index (χ3n) is 3.91. The van der Waals surface area contributed by atoms with E-state index >= 15 is 0 Å². The Bertz CT molecular complexity index is 797. The van der Waals surface area contributed by atoms with E-state index in [-0.39, 0.29) is 18.0 Å². The molecule has 3 rings (SSSR count). The molecule has 0 unspecified atom stereocenters. The maximum atomic E-state index is 13.1. The van der Waals surface area contributed by atoms with Gasteiger partial charge in [0, 0.05) is 17.9 Å². The fourth-order valence-electron chi connectivity index (χ4n) is 2.65. The van der Waals surface area contributed by atoms with Gasteiger partial charge in [-0.2, -0.15) is 0 Å². The largest absolute Gasteiger partial charge is 0.373 e. The zero-order chi connectivity index (χ0) is 16.3. The third-order valence-corrected chi connectivity index (χ3v) is 3.91. The van der Waals surface area contributed by atoms with Crippen molar-refractivity contribution in [2.24, 2.45) is 0 Å². The van der Waals surface area contributed by atoms with Crippen molar-refractivity contribution < 1.29 is 14.3 Å². The second-order valence-corrected chi connectivity index (χ2v) is 5.55. The number of halogens is 1. The molecule has 1 aliphatic carbocycles. The van der Waals surface area contributed by atoms with Crippen LogP contribution in [0.4, 0.5) is 4.39 Å². The topological polar surface area (TPSA) is 37.3 Å². The molecular formula is C20H15FO2. The maximum absolute atomic E-state index is 13.1. The summed E-state index contributed by atoms with van der Waals surface area (Å²) in [5.74, 6) is 4.86. The van der Waals surface area contributed by atoms with Crippen LogP contribution in [0.15, 0.2) is 66.7 Å². The summed E-state index contributed by atoms with van der Waals surface area (Å²) in [5.41, 5.74) is 0.0136. The summed E-state index contributed by atoms with van der Waals surface area (Å²) in [6.45, 7) is 0. The standard InChI is InChI=1S/C20H15FO2/c21-17-8-6-16(7-9-17)19-14-18(22)11-13-20(19,23)12-10-15-4-2-1-3-5-15/h1-9,11,13,19,23H,14H2/t19-,20-/m0/s1. The molecule has 1 aliphatic rings. The fraction of sp³-hybridized carbons (Fsp3) is 0.150. The van der Waals surface area contributed by atoms with Crippen LogP contribution in [0.1, 0.15) is 23.5 Å². The number of carbonyl (C=O) groups is 1. The number of ketones is 1. The Labute approximate surface area is 134 Å². The number of benzene rings is 2. The van der Waals surface area contributed by atoms with Gasteiger partial charge in [-0.15, -0.1) is 0 Å². The van der Waals surface area contributed by atoms with Crippen LogP contribution in [-0.4, -0.2) is 16.5 Å². The smallest absolute Gasteiger partial charge is 0.156 e. The van der Waals surface area contributed by atoms with Crippen LogP contribution in [-0.2, 0) is 4.79 Å². The molecule has 3 heteroatoms. The fourth-order valence-corrected chi connectivity index (χ4v) is 2.65. The predicted molar refractivity (Wildman–Crippen MR) is 86.2 cm³/mol. The van der Waals surface area contributed by atoms with Gasteiger partial charge in [-0.05, 0) is 42.0 Å². The molecule has 23 heavy (non-hydrogen) atoms. The lowest BCUT2D eigenvalue weighted by Crippen LogP contribution is -2.37. The van der Waals surface area contributed by atoms with Crippen molar-refractivity contribution in [2.75, 3.05) is 0 Å². The number of rotatable bonds is 1. The SMILES string of the molecule is O=C1C=C[C@@](O)(C#Cc2ccccc2)[C@H](c2ccc(F)cc2)C1. The third kappa shape index (κ3) is 3.39. The summed E-state index contributed by atoms with van der Waals surface area (Å²) >= 11 is 0. The number of aliphatic hydroxyl groups is 1. The highest BCUT2D eigenvalue weighted by Crippen LogP contribution is 2.36. The van der Waals surface area contributed by atoms with Crippen molar-refractivity contribution in [1.82, 2.24) is 0 Å².